The molecule has 0 fully saturated rings. The summed E-state index contributed by atoms with van der Waals surface area (Å²) in [6.07, 6.45) is 0. The molecule has 0 radical (unpaired) electrons. The monoisotopic (exact) mass is 152 g/mol. The van der Waals surface area contributed by atoms with E-state index in [1.54, 1.807) is 0 Å². The summed E-state index contributed by atoms with van der Waals surface area (Å²) in [5, 5.41) is 0. The van der Waals surface area contributed by atoms with Gasteiger partial charge in [-0.15, -0.1) is 0 Å². The Kier molecular flexibility index (Phi) is 14.1. The van der Waals surface area contributed by atoms with Crippen molar-refractivity contribution in [2.75, 3.05) is 13.1 Å². The summed E-state index contributed by atoms with van der Waals surface area (Å²) < 4.78 is 8.18. The van der Waals surface area contributed by atoms with Gasteiger partial charge in [-0.3, -0.25) is 0 Å². The van der Waals surface area contributed by atoms with Crippen LogP contribution in [0, 0.1) is 7.43 Å². The van der Waals surface area contributed by atoms with Crippen LogP contribution in [0.15, 0.2) is 7.58 Å². The van der Waals surface area contributed by atoms with E-state index >= 15 is 0 Å². The topological polar surface area (TPSA) is 24.7 Å². The molecule has 0 spiro atoms. The summed E-state index contributed by atoms with van der Waals surface area (Å²) in [4.78, 5) is 0. The van der Waals surface area contributed by atoms with E-state index in [1.807, 2.05) is 13.8 Å². The maximum absolute atomic E-state index is 4.09. The average Bonchev–Trinajstić information content (AvgIpc) is 1.69. The first kappa shape index (κ1) is 11.0. The first-order valence-corrected chi connectivity index (χ1v) is 3.70. The maximum atomic E-state index is 4.09. The van der Waals surface area contributed by atoms with E-state index < -0.39 is 0 Å². The molecule has 8 heavy (non-hydrogen) atoms. The molecule has 0 aliphatic heterocycles. The van der Waals surface area contributed by atoms with Crippen LogP contribution in [0.5, 0.6) is 0 Å². The Morgan fingerprint density at radius 1 is 1.12 bits per heavy atom. The van der Waals surface area contributed by atoms with Gasteiger partial charge in [0.05, 0.1) is 0 Å². The molecule has 0 aromatic heterocycles. The molecule has 0 saturated carbocycles. The zero-order valence-corrected chi connectivity index (χ0v) is 7.15. The summed E-state index contributed by atoms with van der Waals surface area (Å²) >= 11 is -0.00521. The van der Waals surface area contributed by atoms with Crippen molar-refractivity contribution >= 4 is 0 Å². The molecule has 49 valence electrons. The third-order valence-corrected chi connectivity index (χ3v) is 1.69. The zero-order chi connectivity index (χ0) is 5.54. The molecule has 0 rings (SSSR count). The Balaban J connectivity index is 0. The van der Waals surface area contributed by atoms with Crippen LogP contribution < -0.4 is 0 Å². The van der Waals surface area contributed by atoms with Crippen LogP contribution in [0.4, 0.5) is 0 Å². The molecule has 0 bridgehead atoms. The molecule has 0 aliphatic rings. The Labute approximate surface area is 58.4 Å². The van der Waals surface area contributed by atoms with E-state index in [9.17, 15) is 0 Å². The summed E-state index contributed by atoms with van der Waals surface area (Å²) in [6, 6.07) is 0. The SMILES string of the molecule is CC[N]=[V]=[N]CC.[CH3-]. The summed E-state index contributed by atoms with van der Waals surface area (Å²) in [5.41, 5.74) is 0. The van der Waals surface area contributed by atoms with Gasteiger partial charge in [0, 0.05) is 0 Å². The fourth-order valence-corrected chi connectivity index (χ4v) is 0.706. The minimum atomic E-state index is -0.00521. The van der Waals surface area contributed by atoms with E-state index in [1.165, 1.54) is 0 Å². The van der Waals surface area contributed by atoms with Crippen molar-refractivity contribution in [2.24, 2.45) is 7.58 Å². The van der Waals surface area contributed by atoms with Gasteiger partial charge in [-0.05, 0) is 0 Å². The van der Waals surface area contributed by atoms with E-state index in [-0.39, 0.29) is 23.3 Å². The van der Waals surface area contributed by atoms with E-state index in [4.69, 9.17) is 0 Å². The quantitative estimate of drug-likeness (QED) is 0.540. The summed E-state index contributed by atoms with van der Waals surface area (Å²) in [6.45, 7) is 5.95. The van der Waals surface area contributed by atoms with Gasteiger partial charge < -0.3 is 7.43 Å². The molecular weight excluding hydrogens is 139 g/mol. The molecule has 0 aromatic rings. The van der Waals surface area contributed by atoms with Crippen molar-refractivity contribution in [3.63, 3.8) is 0 Å². The molecule has 2 nitrogen and oxygen atoms in total. The second-order valence-electron chi connectivity index (χ2n) is 1.00. The van der Waals surface area contributed by atoms with E-state index in [2.05, 4.69) is 7.58 Å². The zero-order valence-electron chi connectivity index (χ0n) is 5.76. The maximum Gasteiger partial charge on any atom is -0.358 e. The molecule has 0 aliphatic carbocycles. The third-order valence-electron chi connectivity index (χ3n) is 0.409. The van der Waals surface area contributed by atoms with E-state index in [0.29, 0.717) is 0 Å². The molecule has 0 amide bonds. The number of hydrogen-bond donors (Lipinski definition) is 0. The molecule has 3 heteroatoms. The van der Waals surface area contributed by atoms with Crippen LogP contribution >= 0.6 is 0 Å². The van der Waals surface area contributed by atoms with Crippen LogP contribution in [0.25, 0.3) is 0 Å². The first-order valence-electron chi connectivity index (χ1n) is 2.45. The van der Waals surface area contributed by atoms with Crippen molar-refractivity contribution < 1.29 is 15.9 Å². The molecule has 0 atom stereocenters. The van der Waals surface area contributed by atoms with Gasteiger partial charge in [0.1, 0.15) is 0 Å². The Bertz CT molecular complexity index is 76.4. The van der Waals surface area contributed by atoms with Crippen LogP contribution in [0.2, 0.25) is 0 Å². The molecule has 0 saturated heterocycles. The van der Waals surface area contributed by atoms with Gasteiger partial charge in [0.15, 0.2) is 0 Å². The van der Waals surface area contributed by atoms with Crippen molar-refractivity contribution in [1.29, 1.82) is 0 Å². The van der Waals surface area contributed by atoms with Crippen LogP contribution in [-0.2, 0) is 15.9 Å². The van der Waals surface area contributed by atoms with Gasteiger partial charge in [0.25, 0.3) is 0 Å². The Morgan fingerprint density at radius 3 is 1.75 bits per heavy atom. The Hall–Kier alpha value is 0.184. The molecular formula is C5H13N2V-. The smallest absolute Gasteiger partial charge is 0.358 e. The normalized spacial score (nSPS) is 6.25. The fourth-order valence-electron chi connectivity index (χ4n) is 0.171. The van der Waals surface area contributed by atoms with Gasteiger partial charge in [-0.25, -0.2) is 0 Å². The molecule has 0 heterocycles. The molecule has 0 unspecified atom stereocenters. The fraction of sp³-hybridized carbons (Fsp3) is 0.800. The van der Waals surface area contributed by atoms with Crippen LogP contribution in [0.3, 0.4) is 0 Å². The van der Waals surface area contributed by atoms with Gasteiger partial charge in [-0.1, -0.05) is 0 Å². The van der Waals surface area contributed by atoms with Crippen molar-refractivity contribution in [3.05, 3.63) is 7.43 Å². The Morgan fingerprint density at radius 2 is 1.50 bits per heavy atom. The van der Waals surface area contributed by atoms with Crippen LogP contribution in [0.1, 0.15) is 13.8 Å². The van der Waals surface area contributed by atoms with E-state index in [0.717, 1.165) is 13.1 Å². The molecule has 0 aromatic carbocycles. The second-order valence-corrected chi connectivity index (χ2v) is 2.17. The average molecular weight is 152 g/mol. The first-order chi connectivity index (χ1) is 3.41. The van der Waals surface area contributed by atoms with Crippen molar-refractivity contribution in [3.8, 4) is 0 Å². The minimum Gasteiger partial charge on any atom is -0.358 e. The molecule has 0 N–H and O–H groups in total. The summed E-state index contributed by atoms with van der Waals surface area (Å²) in [7, 11) is 0. The van der Waals surface area contributed by atoms with Crippen molar-refractivity contribution in [2.45, 2.75) is 13.8 Å². The largest absolute Gasteiger partial charge is 0.358 e. The van der Waals surface area contributed by atoms with Gasteiger partial charge in [0.2, 0.25) is 0 Å². The second kappa shape index (κ2) is 10.2. The predicted octanol–water partition coefficient (Wildman–Crippen LogP) is 1.93. The number of nitrogens with zero attached hydrogens (tertiary/aromatic N) is 2. The third kappa shape index (κ3) is 9.49. The standard InChI is InChI=1S/2C2H5N.CH3.V/c2*1-2-3;;/h2*2H2,1H3;1H3;/q;;-1;. The van der Waals surface area contributed by atoms with Crippen LogP contribution in [-0.4, -0.2) is 13.1 Å². The van der Waals surface area contributed by atoms with Crippen molar-refractivity contribution in [1.82, 2.24) is 0 Å². The number of hydrogen-bond acceptors (Lipinski definition) is 2. The van der Waals surface area contributed by atoms with Gasteiger partial charge in [-0.2, -0.15) is 0 Å². The minimum absolute atomic E-state index is 0. The summed E-state index contributed by atoms with van der Waals surface area (Å²) in [5.74, 6) is 0. The number of rotatable bonds is 2. The van der Waals surface area contributed by atoms with Gasteiger partial charge >= 0.3 is 50.4 Å². The predicted molar refractivity (Wildman–Crippen MR) is 32.4 cm³/mol.